The van der Waals surface area contributed by atoms with Crippen molar-refractivity contribution in [3.8, 4) is 0 Å². The van der Waals surface area contributed by atoms with Gasteiger partial charge in [-0.3, -0.25) is 4.79 Å². The number of hydrogen-bond donors (Lipinski definition) is 1. The molecule has 1 saturated heterocycles. The van der Waals surface area contributed by atoms with E-state index in [-0.39, 0.29) is 30.6 Å². The molecule has 128 valence electrons. The van der Waals surface area contributed by atoms with Crippen LogP contribution < -0.4 is 0 Å². The Morgan fingerprint density at radius 3 is 2.43 bits per heavy atom. The highest BCUT2D eigenvalue weighted by Crippen LogP contribution is 2.33. The molecule has 0 saturated carbocycles. The van der Waals surface area contributed by atoms with Crippen LogP contribution in [0.4, 0.5) is 13.2 Å². The number of halogens is 3. The molecule has 1 aliphatic rings. The van der Waals surface area contributed by atoms with Crippen LogP contribution in [-0.2, 0) is 6.18 Å². The second kappa shape index (κ2) is 6.88. The largest absolute Gasteiger partial charge is 0.417 e. The quantitative estimate of drug-likeness (QED) is 0.918. The number of aliphatic hydroxyl groups excluding tert-OH is 1. The second-order valence-electron chi connectivity index (χ2n) is 6.22. The van der Waals surface area contributed by atoms with E-state index in [0.717, 1.165) is 6.07 Å². The molecule has 0 aliphatic carbocycles. The van der Waals surface area contributed by atoms with Crippen LogP contribution in [0.1, 0.15) is 15.9 Å². The molecular weight excluding hydrogens is 309 g/mol. The van der Waals surface area contributed by atoms with Gasteiger partial charge < -0.3 is 14.9 Å². The van der Waals surface area contributed by atoms with Gasteiger partial charge >= 0.3 is 6.18 Å². The molecule has 1 fully saturated rings. The van der Waals surface area contributed by atoms with Gasteiger partial charge in [0.15, 0.2) is 0 Å². The van der Waals surface area contributed by atoms with Gasteiger partial charge in [0, 0.05) is 32.2 Å². The molecule has 4 nitrogen and oxygen atoms in total. The van der Waals surface area contributed by atoms with Crippen molar-refractivity contribution < 1.29 is 23.1 Å². The van der Waals surface area contributed by atoms with E-state index < -0.39 is 17.6 Å². The molecule has 0 aromatic heterocycles. The Morgan fingerprint density at radius 1 is 1.26 bits per heavy atom. The van der Waals surface area contributed by atoms with Crippen molar-refractivity contribution in [3.05, 3.63) is 35.4 Å². The topological polar surface area (TPSA) is 43.8 Å². The van der Waals surface area contributed by atoms with Gasteiger partial charge in [0.2, 0.25) is 0 Å². The molecule has 2 rings (SSSR count). The van der Waals surface area contributed by atoms with Crippen LogP contribution in [0.25, 0.3) is 0 Å². The zero-order valence-electron chi connectivity index (χ0n) is 13.2. The molecule has 7 heteroatoms. The first-order valence-corrected chi connectivity index (χ1v) is 7.45. The number of alkyl halides is 3. The van der Waals surface area contributed by atoms with E-state index in [1.165, 1.54) is 23.1 Å². The van der Waals surface area contributed by atoms with E-state index in [0.29, 0.717) is 13.1 Å². The summed E-state index contributed by atoms with van der Waals surface area (Å²) in [6.07, 6.45) is -4.56. The zero-order chi connectivity index (χ0) is 17.2. The van der Waals surface area contributed by atoms with Gasteiger partial charge in [-0.1, -0.05) is 12.1 Å². The molecule has 1 aromatic rings. The van der Waals surface area contributed by atoms with Crippen LogP contribution in [0.3, 0.4) is 0 Å². The predicted octanol–water partition coefficient (Wildman–Crippen LogP) is 1.95. The lowest BCUT2D eigenvalue weighted by Gasteiger charge is -2.21. The Kier molecular flexibility index (Phi) is 5.31. The average Bonchev–Trinajstić information content (AvgIpc) is 2.87. The number of nitrogens with zero attached hydrogens (tertiary/aromatic N) is 2. The molecule has 2 atom stereocenters. The molecule has 0 spiro atoms. The summed E-state index contributed by atoms with van der Waals surface area (Å²) in [4.78, 5) is 15.9. The highest BCUT2D eigenvalue weighted by atomic mass is 19.4. The molecular formula is C16H21F3N2O2. The van der Waals surface area contributed by atoms with Crippen LogP contribution in [0.5, 0.6) is 0 Å². The molecule has 23 heavy (non-hydrogen) atoms. The summed E-state index contributed by atoms with van der Waals surface area (Å²) in [6, 6.07) is 4.83. The Balaban J connectivity index is 2.22. The van der Waals surface area contributed by atoms with Crippen molar-refractivity contribution in [2.45, 2.75) is 6.18 Å². The van der Waals surface area contributed by atoms with Crippen molar-refractivity contribution in [2.24, 2.45) is 11.8 Å². The number of aliphatic hydroxyl groups is 1. The number of amides is 1. The number of rotatable bonds is 4. The minimum Gasteiger partial charge on any atom is -0.396 e. The molecule has 0 radical (unpaired) electrons. The molecule has 0 unspecified atom stereocenters. The number of benzene rings is 1. The molecule has 1 N–H and O–H groups in total. The van der Waals surface area contributed by atoms with Crippen LogP contribution >= 0.6 is 0 Å². The summed E-state index contributed by atoms with van der Waals surface area (Å²) in [5.74, 6) is -0.686. The first kappa shape index (κ1) is 17.7. The maximum Gasteiger partial charge on any atom is 0.417 e. The Bertz CT molecular complexity index is 561. The highest BCUT2D eigenvalue weighted by molar-refractivity contribution is 5.96. The molecule has 1 amide bonds. The van der Waals surface area contributed by atoms with E-state index >= 15 is 0 Å². The lowest BCUT2D eigenvalue weighted by Crippen LogP contribution is -2.32. The maximum atomic E-state index is 13.1. The SMILES string of the molecule is CN(C)C[C@@H]1CN(C(=O)c2ccccc2C(F)(F)F)C[C@@H]1CO. The summed E-state index contributed by atoms with van der Waals surface area (Å²) in [5.41, 5.74) is -1.25. The third kappa shape index (κ3) is 4.03. The molecule has 1 aromatic carbocycles. The number of hydrogen-bond acceptors (Lipinski definition) is 3. The van der Waals surface area contributed by atoms with Crippen LogP contribution in [0.15, 0.2) is 24.3 Å². The van der Waals surface area contributed by atoms with Crippen molar-refractivity contribution in [2.75, 3.05) is 40.3 Å². The van der Waals surface area contributed by atoms with Gasteiger partial charge in [0.05, 0.1) is 11.1 Å². The highest BCUT2D eigenvalue weighted by Gasteiger charge is 2.39. The van der Waals surface area contributed by atoms with E-state index in [4.69, 9.17) is 0 Å². The second-order valence-corrected chi connectivity index (χ2v) is 6.22. The summed E-state index contributed by atoms with van der Waals surface area (Å²) < 4.78 is 39.2. The lowest BCUT2D eigenvalue weighted by atomic mass is 9.97. The van der Waals surface area contributed by atoms with Gasteiger partial charge in [-0.15, -0.1) is 0 Å². The molecule has 1 heterocycles. The maximum absolute atomic E-state index is 13.1. The van der Waals surface area contributed by atoms with Gasteiger partial charge in [0.1, 0.15) is 0 Å². The number of carbonyl (C=O) groups is 1. The lowest BCUT2D eigenvalue weighted by molar-refractivity contribution is -0.138. The van der Waals surface area contributed by atoms with Crippen LogP contribution in [0, 0.1) is 11.8 Å². The third-order valence-corrected chi connectivity index (χ3v) is 4.16. The summed E-state index contributed by atoms with van der Waals surface area (Å²) >= 11 is 0. The minimum atomic E-state index is -4.56. The standard InChI is InChI=1S/C16H21F3N2O2/c1-20(2)7-11-8-21(9-12(11)10-22)15(23)13-5-3-4-6-14(13)16(17,18)19/h3-6,11-12,22H,7-10H2,1-2H3/t11-,12-/m1/s1. The average molecular weight is 330 g/mol. The van der Waals surface area contributed by atoms with Crippen molar-refractivity contribution in [1.29, 1.82) is 0 Å². The Hall–Kier alpha value is -1.60. The zero-order valence-corrected chi connectivity index (χ0v) is 13.2. The fourth-order valence-corrected chi connectivity index (χ4v) is 3.07. The monoisotopic (exact) mass is 330 g/mol. The summed E-state index contributed by atoms with van der Waals surface area (Å²) in [7, 11) is 3.77. The third-order valence-electron chi connectivity index (χ3n) is 4.16. The first-order chi connectivity index (χ1) is 10.7. The molecule has 0 bridgehead atoms. The fraction of sp³-hybridized carbons (Fsp3) is 0.562. The predicted molar refractivity (Wildman–Crippen MR) is 80.0 cm³/mol. The number of likely N-dealkylation sites (tertiary alicyclic amines) is 1. The van der Waals surface area contributed by atoms with E-state index in [1.807, 2.05) is 19.0 Å². The van der Waals surface area contributed by atoms with E-state index in [1.54, 1.807) is 0 Å². The normalized spacial score (nSPS) is 22.0. The van der Waals surface area contributed by atoms with Gasteiger partial charge in [-0.25, -0.2) is 0 Å². The van der Waals surface area contributed by atoms with E-state index in [2.05, 4.69) is 0 Å². The summed E-state index contributed by atoms with van der Waals surface area (Å²) in [6.45, 7) is 1.23. The Morgan fingerprint density at radius 2 is 1.87 bits per heavy atom. The minimum absolute atomic E-state index is 0.0528. The van der Waals surface area contributed by atoms with Gasteiger partial charge in [0.25, 0.3) is 5.91 Å². The fourth-order valence-electron chi connectivity index (χ4n) is 3.07. The van der Waals surface area contributed by atoms with Crippen molar-refractivity contribution in [1.82, 2.24) is 9.80 Å². The van der Waals surface area contributed by atoms with E-state index in [9.17, 15) is 23.1 Å². The smallest absolute Gasteiger partial charge is 0.396 e. The van der Waals surface area contributed by atoms with Crippen LogP contribution in [0.2, 0.25) is 0 Å². The summed E-state index contributed by atoms with van der Waals surface area (Å²) in [5, 5.41) is 9.47. The van der Waals surface area contributed by atoms with Gasteiger partial charge in [-0.05, 0) is 32.1 Å². The number of carbonyl (C=O) groups excluding carboxylic acids is 1. The Labute approximate surface area is 133 Å². The van der Waals surface area contributed by atoms with Crippen molar-refractivity contribution in [3.63, 3.8) is 0 Å². The van der Waals surface area contributed by atoms with Crippen molar-refractivity contribution >= 4 is 5.91 Å². The molecule has 1 aliphatic heterocycles. The first-order valence-electron chi connectivity index (χ1n) is 7.45. The van der Waals surface area contributed by atoms with Gasteiger partial charge in [-0.2, -0.15) is 13.2 Å². The van der Waals surface area contributed by atoms with Crippen LogP contribution in [-0.4, -0.2) is 61.2 Å².